The van der Waals surface area contributed by atoms with Gasteiger partial charge in [-0.25, -0.2) is 4.68 Å². The van der Waals surface area contributed by atoms with Crippen LogP contribution in [0.5, 0.6) is 5.75 Å². The Hall–Kier alpha value is -3.29. The Morgan fingerprint density at radius 2 is 2.08 bits per heavy atom. The lowest BCUT2D eigenvalue weighted by atomic mass is 10.2. The number of hydrogen-bond acceptors (Lipinski definition) is 7. The first-order valence-corrected chi connectivity index (χ1v) is 7.85. The largest absolute Gasteiger partial charge is 0.496 e. The maximum atomic E-state index is 5.38. The maximum Gasteiger partial charge on any atom is 0.263 e. The highest BCUT2D eigenvalue weighted by Crippen LogP contribution is 2.29. The molecule has 8 nitrogen and oxygen atoms in total. The molecule has 0 aliphatic carbocycles. The minimum Gasteiger partial charge on any atom is -0.496 e. The van der Waals surface area contributed by atoms with E-state index in [0.717, 1.165) is 16.6 Å². The van der Waals surface area contributed by atoms with Gasteiger partial charge in [-0.3, -0.25) is 4.98 Å². The molecule has 3 heterocycles. The first kappa shape index (κ1) is 15.3. The molecule has 0 atom stereocenters. The molecule has 0 fully saturated rings. The number of methoxy groups -OCH3 is 1. The van der Waals surface area contributed by atoms with Crippen LogP contribution in [-0.2, 0) is 0 Å². The van der Waals surface area contributed by atoms with Crippen molar-refractivity contribution >= 4 is 11.0 Å². The van der Waals surface area contributed by atoms with Crippen molar-refractivity contribution in [1.29, 1.82) is 0 Å². The summed E-state index contributed by atoms with van der Waals surface area (Å²) in [5.74, 6) is 1.45. The van der Waals surface area contributed by atoms with Crippen LogP contribution in [0, 0.1) is 0 Å². The molecule has 0 bridgehead atoms. The Labute approximate surface area is 143 Å². The van der Waals surface area contributed by atoms with E-state index in [0.29, 0.717) is 23.0 Å². The van der Waals surface area contributed by atoms with Crippen molar-refractivity contribution in [1.82, 2.24) is 30.1 Å². The lowest BCUT2D eigenvalue weighted by Crippen LogP contribution is -2.02. The Balaban J connectivity index is 1.74. The number of rotatable bonds is 4. The summed E-state index contributed by atoms with van der Waals surface area (Å²) in [5, 5.41) is 12.5. The SMILES string of the molecule is COc1ccncc1-c1nc(-c2ccc3c(c2)nnn3C(C)C)no1. The van der Waals surface area contributed by atoms with Gasteiger partial charge in [0.05, 0.1) is 12.6 Å². The van der Waals surface area contributed by atoms with E-state index in [9.17, 15) is 0 Å². The van der Waals surface area contributed by atoms with E-state index in [1.54, 1.807) is 25.6 Å². The smallest absolute Gasteiger partial charge is 0.263 e. The van der Waals surface area contributed by atoms with Crippen LogP contribution in [0.4, 0.5) is 0 Å². The van der Waals surface area contributed by atoms with Crippen molar-refractivity contribution in [2.75, 3.05) is 7.11 Å². The van der Waals surface area contributed by atoms with Gasteiger partial charge in [0, 0.05) is 24.0 Å². The van der Waals surface area contributed by atoms with Gasteiger partial charge in [0.1, 0.15) is 16.8 Å². The van der Waals surface area contributed by atoms with Crippen LogP contribution in [-0.4, -0.2) is 37.2 Å². The second-order valence-electron chi connectivity index (χ2n) is 5.83. The zero-order chi connectivity index (χ0) is 17.4. The molecule has 0 saturated carbocycles. The third-order valence-corrected chi connectivity index (χ3v) is 3.88. The molecule has 0 amide bonds. The van der Waals surface area contributed by atoms with Crippen LogP contribution < -0.4 is 4.74 Å². The van der Waals surface area contributed by atoms with E-state index < -0.39 is 0 Å². The number of pyridine rings is 1. The summed E-state index contributed by atoms with van der Waals surface area (Å²) in [7, 11) is 1.59. The van der Waals surface area contributed by atoms with Crippen molar-refractivity contribution in [3.05, 3.63) is 36.7 Å². The maximum absolute atomic E-state index is 5.38. The van der Waals surface area contributed by atoms with Gasteiger partial charge in [-0.15, -0.1) is 5.10 Å². The number of aromatic nitrogens is 6. The Morgan fingerprint density at radius 1 is 1.20 bits per heavy atom. The van der Waals surface area contributed by atoms with Gasteiger partial charge in [-0.1, -0.05) is 10.4 Å². The fourth-order valence-corrected chi connectivity index (χ4v) is 2.63. The summed E-state index contributed by atoms with van der Waals surface area (Å²) >= 11 is 0. The zero-order valence-electron chi connectivity index (χ0n) is 14.0. The predicted octanol–water partition coefficient (Wildman–Crippen LogP) is 3.13. The quantitative estimate of drug-likeness (QED) is 0.565. The molecule has 8 heteroatoms. The van der Waals surface area contributed by atoms with Crippen LogP contribution in [0.1, 0.15) is 19.9 Å². The zero-order valence-corrected chi connectivity index (χ0v) is 14.0. The lowest BCUT2D eigenvalue weighted by Gasteiger charge is -2.04. The second-order valence-corrected chi connectivity index (χ2v) is 5.83. The van der Waals surface area contributed by atoms with Crippen molar-refractivity contribution in [2.45, 2.75) is 19.9 Å². The molecule has 0 radical (unpaired) electrons. The summed E-state index contributed by atoms with van der Waals surface area (Å²) in [6, 6.07) is 7.78. The van der Waals surface area contributed by atoms with Crippen LogP contribution in [0.3, 0.4) is 0 Å². The number of benzene rings is 1. The third kappa shape index (κ3) is 2.61. The second kappa shape index (κ2) is 5.97. The van der Waals surface area contributed by atoms with E-state index in [1.165, 1.54) is 0 Å². The Kier molecular flexibility index (Phi) is 3.64. The molecule has 0 spiro atoms. The molecule has 3 aromatic heterocycles. The first-order chi connectivity index (χ1) is 12.2. The van der Waals surface area contributed by atoms with Gasteiger partial charge in [-0.05, 0) is 38.1 Å². The minimum atomic E-state index is 0.241. The molecular weight excluding hydrogens is 320 g/mol. The molecule has 0 aliphatic rings. The van der Waals surface area contributed by atoms with Crippen LogP contribution in [0.25, 0.3) is 33.9 Å². The summed E-state index contributed by atoms with van der Waals surface area (Å²) in [5.41, 5.74) is 3.21. The average molecular weight is 336 g/mol. The van der Waals surface area contributed by atoms with Gasteiger partial charge in [0.15, 0.2) is 0 Å². The van der Waals surface area contributed by atoms with Crippen LogP contribution in [0.2, 0.25) is 0 Å². The van der Waals surface area contributed by atoms with Crippen molar-refractivity contribution in [2.24, 2.45) is 0 Å². The number of ether oxygens (including phenoxy) is 1. The van der Waals surface area contributed by atoms with Gasteiger partial charge >= 0.3 is 0 Å². The molecule has 25 heavy (non-hydrogen) atoms. The highest BCUT2D eigenvalue weighted by molar-refractivity contribution is 5.80. The topological polar surface area (TPSA) is 91.8 Å². The normalized spacial score (nSPS) is 11.4. The van der Waals surface area contributed by atoms with E-state index in [2.05, 4.69) is 39.3 Å². The van der Waals surface area contributed by atoms with E-state index in [-0.39, 0.29) is 6.04 Å². The van der Waals surface area contributed by atoms with E-state index in [1.807, 2.05) is 22.9 Å². The molecule has 0 aliphatic heterocycles. The fourth-order valence-electron chi connectivity index (χ4n) is 2.63. The van der Waals surface area contributed by atoms with Crippen LogP contribution in [0.15, 0.2) is 41.2 Å². The molecule has 4 rings (SSSR count). The molecule has 0 saturated heterocycles. The standard InChI is InChI=1S/C17H16N6O2/c1-10(2)23-14-5-4-11(8-13(14)20-22-23)16-19-17(25-21-16)12-9-18-7-6-15(12)24-3/h4-10H,1-3H3. The lowest BCUT2D eigenvalue weighted by molar-refractivity contribution is 0.405. The monoisotopic (exact) mass is 336 g/mol. The minimum absolute atomic E-state index is 0.241. The van der Waals surface area contributed by atoms with Gasteiger partial charge < -0.3 is 9.26 Å². The Morgan fingerprint density at radius 3 is 2.88 bits per heavy atom. The van der Waals surface area contributed by atoms with E-state index in [4.69, 9.17) is 9.26 Å². The molecule has 0 unspecified atom stereocenters. The molecular formula is C17H16N6O2. The summed E-state index contributed by atoms with van der Waals surface area (Å²) < 4.78 is 12.6. The molecule has 1 aromatic carbocycles. The summed E-state index contributed by atoms with van der Waals surface area (Å²) in [6.07, 6.45) is 3.28. The highest BCUT2D eigenvalue weighted by Gasteiger charge is 2.16. The first-order valence-electron chi connectivity index (χ1n) is 7.85. The summed E-state index contributed by atoms with van der Waals surface area (Å²) in [6.45, 7) is 4.13. The van der Waals surface area contributed by atoms with Gasteiger partial charge in [-0.2, -0.15) is 4.98 Å². The third-order valence-electron chi connectivity index (χ3n) is 3.88. The predicted molar refractivity (Wildman–Crippen MR) is 91.0 cm³/mol. The van der Waals surface area contributed by atoms with Crippen molar-refractivity contribution in [3.63, 3.8) is 0 Å². The molecule has 0 N–H and O–H groups in total. The fraction of sp³-hybridized carbons (Fsp3) is 0.235. The van der Waals surface area contributed by atoms with Gasteiger partial charge in [0.25, 0.3) is 5.89 Å². The van der Waals surface area contributed by atoms with Gasteiger partial charge in [0.2, 0.25) is 5.82 Å². The van der Waals surface area contributed by atoms with Crippen molar-refractivity contribution < 1.29 is 9.26 Å². The number of hydrogen-bond donors (Lipinski definition) is 0. The Bertz CT molecular complexity index is 1040. The number of fused-ring (bicyclic) bond motifs is 1. The molecule has 126 valence electrons. The molecule has 4 aromatic rings. The van der Waals surface area contributed by atoms with Crippen LogP contribution >= 0.6 is 0 Å². The van der Waals surface area contributed by atoms with E-state index >= 15 is 0 Å². The number of nitrogens with zero attached hydrogens (tertiary/aromatic N) is 6. The average Bonchev–Trinajstić information content (AvgIpc) is 3.28. The van der Waals surface area contributed by atoms with Crippen molar-refractivity contribution in [3.8, 4) is 28.6 Å². The summed E-state index contributed by atoms with van der Waals surface area (Å²) in [4.78, 5) is 8.54. The highest BCUT2D eigenvalue weighted by atomic mass is 16.5.